The van der Waals surface area contributed by atoms with Crippen LogP contribution in [-0.2, 0) is 10.1 Å². The molecule has 0 saturated carbocycles. The second kappa shape index (κ2) is 5.29. The van der Waals surface area contributed by atoms with Crippen LogP contribution in [0.1, 0.15) is 0 Å². The van der Waals surface area contributed by atoms with Crippen LogP contribution < -0.4 is 0 Å². The van der Waals surface area contributed by atoms with Crippen molar-refractivity contribution >= 4 is 64.9 Å². The second-order valence-corrected chi connectivity index (χ2v) is 4.38. The first kappa shape index (κ1) is 13.2. The molecule has 7 heteroatoms. The quantitative estimate of drug-likeness (QED) is 0.241. The Hall–Kier alpha value is 1.61. The van der Waals surface area contributed by atoms with Crippen molar-refractivity contribution in [3.63, 3.8) is 0 Å². The van der Waals surface area contributed by atoms with E-state index >= 15 is 0 Å². The zero-order valence-corrected chi connectivity index (χ0v) is 6.46. The van der Waals surface area contributed by atoms with Gasteiger partial charge in [0, 0.05) is 0 Å². The molecule has 0 spiro atoms. The Labute approximate surface area is 87.5 Å². The van der Waals surface area contributed by atoms with Gasteiger partial charge in [0.05, 0.1) is 10.3 Å². The van der Waals surface area contributed by atoms with Crippen molar-refractivity contribution in [2.75, 3.05) is 5.75 Å². The summed E-state index contributed by atoms with van der Waals surface area (Å²) in [7, 11) is -3.88. The number of thiol groups is 2. The van der Waals surface area contributed by atoms with Gasteiger partial charge in [0.2, 0.25) is 0 Å². The number of hydrogen-bond donors (Lipinski definition) is 3. The standard InChI is InChI=1S/C2H6O3S3.Na.H/c3-8(4,5)1-2(6)7;;/h2,6-7H,1H2,(H,3,4,5);;. The SMILES string of the molecule is O=S(=O)(O)CC(S)S.[NaH]. The Kier molecular flexibility index (Phi) is 7.76. The van der Waals surface area contributed by atoms with E-state index in [-0.39, 0.29) is 29.6 Å². The third-order valence-electron chi connectivity index (χ3n) is 0.360. The summed E-state index contributed by atoms with van der Waals surface area (Å²) in [6, 6.07) is 0. The molecule has 0 fully saturated rings. The Balaban J connectivity index is 0. The molecule has 0 aliphatic heterocycles. The van der Waals surface area contributed by atoms with Gasteiger partial charge in [0.15, 0.2) is 0 Å². The number of rotatable bonds is 2. The van der Waals surface area contributed by atoms with Crippen molar-refractivity contribution < 1.29 is 13.0 Å². The van der Waals surface area contributed by atoms with Gasteiger partial charge in [-0.2, -0.15) is 33.7 Å². The number of hydrogen-bond acceptors (Lipinski definition) is 4. The van der Waals surface area contributed by atoms with Crippen LogP contribution in [0.15, 0.2) is 0 Å². The van der Waals surface area contributed by atoms with Crippen molar-refractivity contribution in [3.8, 4) is 0 Å². The van der Waals surface area contributed by atoms with Gasteiger partial charge < -0.3 is 0 Å². The summed E-state index contributed by atoms with van der Waals surface area (Å²) >= 11 is 7.23. The van der Waals surface area contributed by atoms with Crippen molar-refractivity contribution in [1.29, 1.82) is 0 Å². The van der Waals surface area contributed by atoms with Crippen molar-refractivity contribution in [2.45, 2.75) is 4.58 Å². The van der Waals surface area contributed by atoms with E-state index in [0.29, 0.717) is 0 Å². The first-order valence-corrected chi connectivity index (χ1v) is 4.37. The summed E-state index contributed by atoms with van der Waals surface area (Å²) in [5, 5.41) is 0. The van der Waals surface area contributed by atoms with Crippen LogP contribution in [0.25, 0.3) is 0 Å². The van der Waals surface area contributed by atoms with E-state index < -0.39 is 20.5 Å². The maximum absolute atomic E-state index is 9.90. The fourth-order valence-corrected chi connectivity index (χ4v) is 1.70. The van der Waals surface area contributed by atoms with Crippen LogP contribution in [-0.4, -0.2) is 52.9 Å². The summed E-state index contributed by atoms with van der Waals surface area (Å²) in [6.45, 7) is 0. The third-order valence-corrected chi connectivity index (χ3v) is 1.97. The van der Waals surface area contributed by atoms with E-state index in [2.05, 4.69) is 25.3 Å². The first-order valence-electron chi connectivity index (χ1n) is 1.73. The van der Waals surface area contributed by atoms with Crippen molar-refractivity contribution in [1.82, 2.24) is 0 Å². The van der Waals surface area contributed by atoms with Crippen molar-refractivity contribution in [3.05, 3.63) is 0 Å². The summed E-state index contributed by atoms with van der Waals surface area (Å²) in [6.07, 6.45) is 0. The monoisotopic (exact) mass is 198 g/mol. The van der Waals surface area contributed by atoms with Gasteiger partial charge in [0.1, 0.15) is 0 Å². The van der Waals surface area contributed by atoms with Crippen LogP contribution >= 0.6 is 25.3 Å². The van der Waals surface area contributed by atoms with Gasteiger partial charge in [0.25, 0.3) is 10.1 Å². The van der Waals surface area contributed by atoms with Crippen LogP contribution in [0, 0.1) is 0 Å². The van der Waals surface area contributed by atoms with Gasteiger partial charge in [-0.3, -0.25) is 4.55 Å². The molecule has 0 bridgehead atoms. The molecule has 0 aromatic heterocycles. The van der Waals surface area contributed by atoms with Gasteiger partial charge >= 0.3 is 29.6 Å². The van der Waals surface area contributed by atoms with E-state index in [1.807, 2.05) is 0 Å². The topological polar surface area (TPSA) is 54.4 Å². The van der Waals surface area contributed by atoms with Gasteiger partial charge in [-0.1, -0.05) is 0 Å². The normalized spacial score (nSPS) is 11.1. The van der Waals surface area contributed by atoms with E-state index in [4.69, 9.17) is 4.55 Å². The van der Waals surface area contributed by atoms with Gasteiger partial charge in [-0.05, 0) is 0 Å². The molecule has 0 heterocycles. The van der Waals surface area contributed by atoms with Gasteiger partial charge in [-0.15, -0.1) is 0 Å². The van der Waals surface area contributed by atoms with Crippen LogP contribution in [0.2, 0.25) is 0 Å². The summed E-state index contributed by atoms with van der Waals surface area (Å²) in [5.74, 6) is -0.417. The maximum atomic E-state index is 9.90. The summed E-state index contributed by atoms with van der Waals surface area (Å²) in [5.41, 5.74) is 0. The molecule has 0 aliphatic rings. The molecule has 0 atom stereocenters. The zero-order chi connectivity index (χ0) is 6.78. The molecule has 0 unspecified atom stereocenters. The summed E-state index contributed by atoms with van der Waals surface area (Å²) < 4.78 is 27.3. The van der Waals surface area contributed by atoms with Crippen LogP contribution in [0.5, 0.6) is 0 Å². The van der Waals surface area contributed by atoms with Gasteiger partial charge in [-0.25, -0.2) is 0 Å². The molecule has 0 rings (SSSR count). The average molecular weight is 198 g/mol. The van der Waals surface area contributed by atoms with E-state index in [1.165, 1.54) is 0 Å². The Morgan fingerprint density at radius 1 is 1.44 bits per heavy atom. The molecule has 9 heavy (non-hydrogen) atoms. The minimum atomic E-state index is -3.88. The molecule has 3 nitrogen and oxygen atoms in total. The first-order chi connectivity index (χ1) is 3.42. The fourth-order valence-electron chi connectivity index (χ4n) is 0.188. The van der Waals surface area contributed by atoms with Crippen LogP contribution in [0.3, 0.4) is 0 Å². The van der Waals surface area contributed by atoms with E-state index in [1.54, 1.807) is 0 Å². The summed E-state index contributed by atoms with van der Waals surface area (Å²) in [4.78, 5) is 0. The minimum absolute atomic E-state index is 0. The predicted octanol–water partition coefficient (Wildman–Crippen LogP) is -0.589. The molecule has 0 aliphatic carbocycles. The van der Waals surface area contributed by atoms with E-state index in [9.17, 15) is 8.42 Å². The second-order valence-electron chi connectivity index (χ2n) is 1.23. The molecule has 0 amide bonds. The van der Waals surface area contributed by atoms with Crippen LogP contribution in [0.4, 0.5) is 0 Å². The predicted molar refractivity (Wildman–Crippen MR) is 45.3 cm³/mol. The Morgan fingerprint density at radius 2 is 1.78 bits per heavy atom. The molecule has 0 aromatic carbocycles. The molecule has 0 radical (unpaired) electrons. The zero-order valence-electron chi connectivity index (χ0n) is 3.85. The third kappa shape index (κ3) is 12.7. The van der Waals surface area contributed by atoms with E-state index in [0.717, 1.165) is 0 Å². The average Bonchev–Trinajstić information content (AvgIpc) is 1.21. The molecule has 1 N–H and O–H groups in total. The van der Waals surface area contributed by atoms with Crippen molar-refractivity contribution in [2.24, 2.45) is 0 Å². The molecule has 52 valence electrons. The molecular formula is C2H7NaO3S3. The molecule has 0 aromatic rings. The fraction of sp³-hybridized carbons (Fsp3) is 1.00. The Bertz CT molecular complexity index is 150. The molecular weight excluding hydrogens is 191 g/mol. The Morgan fingerprint density at radius 3 is 1.78 bits per heavy atom. The molecule has 0 saturated heterocycles.